The Labute approximate surface area is 107 Å². The summed E-state index contributed by atoms with van der Waals surface area (Å²) in [6, 6.07) is 3.96. The van der Waals surface area contributed by atoms with Crippen molar-refractivity contribution in [2.24, 2.45) is 0 Å². The van der Waals surface area contributed by atoms with Crippen LogP contribution in [0.5, 0.6) is 0 Å². The number of halogens is 1. The van der Waals surface area contributed by atoms with E-state index < -0.39 is 32.3 Å². The first-order valence-corrected chi connectivity index (χ1v) is 6.70. The molecule has 0 aliphatic carbocycles. The van der Waals surface area contributed by atoms with Gasteiger partial charge in [0.2, 0.25) is 0 Å². The number of carboxylic acid groups (broad SMARTS) is 1. The molecule has 0 saturated carbocycles. The summed E-state index contributed by atoms with van der Waals surface area (Å²) < 4.78 is 42.1. The molecule has 0 spiro atoms. The Hall–Kier alpha value is -2.22. The van der Waals surface area contributed by atoms with Crippen LogP contribution in [0.4, 0.5) is 4.39 Å². The SMILES string of the molecule is O=C(O)c1ccc(S(=O)(=O)Cc2ccno2)c(F)c1. The van der Waals surface area contributed by atoms with Crippen molar-refractivity contribution in [3.05, 3.63) is 47.6 Å². The second kappa shape index (κ2) is 4.81. The molecule has 2 rings (SSSR count). The zero-order valence-corrected chi connectivity index (χ0v) is 10.2. The van der Waals surface area contributed by atoms with Gasteiger partial charge in [0.05, 0.1) is 11.8 Å². The summed E-state index contributed by atoms with van der Waals surface area (Å²) in [5.74, 6) is -2.92. The maximum atomic E-state index is 13.6. The molecule has 0 fully saturated rings. The molecule has 1 aromatic carbocycles. The molecule has 0 aliphatic rings. The smallest absolute Gasteiger partial charge is 0.335 e. The van der Waals surface area contributed by atoms with Gasteiger partial charge in [-0.15, -0.1) is 0 Å². The molecule has 19 heavy (non-hydrogen) atoms. The van der Waals surface area contributed by atoms with Crippen molar-refractivity contribution >= 4 is 15.8 Å². The quantitative estimate of drug-likeness (QED) is 0.913. The summed E-state index contributed by atoms with van der Waals surface area (Å²) in [6.45, 7) is 0. The van der Waals surface area contributed by atoms with Gasteiger partial charge in [0.15, 0.2) is 15.6 Å². The lowest BCUT2D eigenvalue weighted by molar-refractivity contribution is 0.0696. The minimum absolute atomic E-state index is 0.0710. The summed E-state index contributed by atoms with van der Waals surface area (Å²) in [4.78, 5) is 10.1. The van der Waals surface area contributed by atoms with Gasteiger partial charge in [-0.1, -0.05) is 5.16 Å². The van der Waals surface area contributed by atoms with Crippen LogP contribution in [0.15, 0.2) is 39.9 Å². The molecule has 0 aliphatic heterocycles. The van der Waals surface area contributed by atoms with Gasteiger partial charge in [0.1, 0.15) is 16.5 Å². The normalized spacial score (nSPS) is 11.4. The zero-order chi connectivity index (χ0) is 14.0. The summed E-state index contributed by atoms with van der Waals surface area (Å²) in [6.07, 6.45) is 1.27. The molecule has 2 aromatic rings. The summed E-state index contributed by atoms with van der Waals surface area (Å²) in [7, 11) is -3.96. The van der Waals surface area contributed by atoms with Gasteiger partial charge < -0.3 is 9.63 Å². The predicted molar refractivity (Wildman–Crippen MR) is 60.8 cm³/mol. The maximum absolute atomic E-state index is 13.6. The van der Waals surface area contributed by atoms with Crippen molar-refractivity contribution in [2.45, 2.75) is 10.6 Å². The molecule has 0 amide bonds. The fourth-order valence-electron chi connectivity index (χ4n) is 1.47. The van der Waals surface area contributed by atoms with Crippen LogP contribution in [-0.4, -0.2) is 24.7 Å². The van der Waals surface area contributed by atoms with Gasteiger partial charge in [-0.3, -0.25) is 0 Å². The Morgan fingerprint density at radius 1 is 1.37 bits per heavy atom. The Kier molecular flexibility index (Phi) is 3.34. The number of hydrogen-bond donors (Lipinski definition) is 1. The van der Waals surface area contributed by atoms with Gasteiger partial charge in [-0.25, -0.2) is 17.6 Å². The fourth-order valence-corrected chi connectivity index (χ4v) is 2.78. The van der Waals surface area contributed by atoms with Gasteiger partial charge in [0, 0.05) is 6.07 Å². The molecule has 0 atom stereocenters. The molecular formula is C11H8FNO5S. The molecule has 100 valence electrons. The van der Waals surface area contributed by atoms with Crippen LogP contribution in [-0.2, 0) is 15.6 Å². The van der Waals surface area contributed by atoms with Crippen molar-refractivity contribution in [3.8, 4) is 0 Å². The van der Waals surface area contributed by atoms with Crippen LogP contribution in [0.25, 0.3) is 0 Å². The molecule has 0 bridgehead atoms. The third-order valence-electron chi connectivity index (χ3n) is 2.34. The van der Waals surface area contributed by atoms with Crippen LogP contribution in [0.1, 0.15) is 16.1 Å². The van der Waals surface area contributed by atoms with Gasteiger partial charge in [-0.05, 0) is 18.2 Å². The minimum atomic E-state index is -3.96. The van der Waals surface area contributed by atoms with Gasteiger partial charge in [0.25, 0.3) is 0 Å². The standard InChI is InChI=1S/C11H8FNO5S/c12-9-5-7(11(14)15)1-2-10(9)19(16,17)6-8-3-4-13-18-8/h1-5H,6H2,(H,14,15). The highest BCUT2D eigenvalue weighted by Gasteiger charge is 2.22. The third-order valence-corrected chi connectivity index (χ3v) is 4.00. The molecule has 0 unspecified atom stereocenters. The lowest BCUT2D eigenvalue weighted by Gasteiger charge is -2.04. The Bertz CT molecular complexity index is 709. The Balaban J connectivity index is 2.38. The fraction of sp³-hybridized carbons (Fsp3) is 0.0909. The zero-order valence-electron chi connectivity index (χ0n) is 9.41. The number of carbonyl (C=O) groups is 1. The van der Waals surface area contributed by atoms with Crippen LogP contribution < -0.4 is 0 Å². The number of aromatic nitrogens is 1. The van der Waals surface area contributed by atoms with E-state index in [1.54, 1.807) is 0 Å². The van der Waals surface area contributed by atoms with E-state index in [4.69, 9.17) is 5.11 Å². The molecule has 8 heteroatoms. The molecule has 1 heterocycles. The third kappa shape index (κ3) is 2.79. The lowest BCUT2D eigenvalue weighted by Crippen LogP contribution is -2.08. The van der Waals surface area contributed by atoms with Crippen molar-refractivity contribution in [2.75, 3.05) is 0 Å². The number of carboxylic acids is 1. The summed E-state index contributed by atoms with van der Waals surface area (Å²) >= 11 is 0. The van der Waals surface area contributed by atoms with E-state index in [0.29, 0.717) is 6.07 Å². The minimum Gasteiger partial charge on any atom is -0.478 e. The maximum Gasteiger partial charge on any atom is 0.335 e. The van der Waals surface area contributed by atoms with Crippen molar-refractivity contribution in [1.29, 1.82) is 0 Å². The van der Waals surface area contributed by atoms with Crippen molar-refractivity contribution < 1.29 is 27.2 Å². The summed E-state index contributed by atoms with van der Waals surface area (Å²) in [5, 5.41) is 12.0. The highest BCUT2D eigenvalue weighted by Crippen LogP contribution is 2.20. The van der Waals surface area contributed by atoms with E-state index in [1.165, 1.54) is 12.3 Å². The molecule has 1 N–H and O–H groups in total. The number of benzene rings is 1. The second-order valence-corrected chi connectivity index (χ2v) is 5.65. The topological polar surface area (TPSA) is 97.5 Å². The molecule has 1 aromatic heterocycles. The lowest BCUT2D eigenvalue weighted by atomic mass is 10.2. The van der Waals surface area contributed by atoms with E-state index in [0.717, 1.165) is 12.1 Å². The van der Waals surface area contributed by atoms with Gasteiger partial charge in [-0.2, -0.15) is 0 Å². The Morgan fingerprint density at radius 2 is 2.11 bits per heavy atom. The summed E-state index contributed by atoms with van der Waals surface area (Å²) in [5.41, 5.74) is -0.323. The highest BCUT2D eigenvalue weighted by atomic mass is 32.2. The molecular weight excluding hydrogens is 277 g/mol. The van der Waals surface area contributed by atoms with Crippen LogP contribution in [0.3, 0.4) is 0 Å². The molecule has 0 radical (unpaired) electrons. The van der Waals surface area contributed by atoms with Crippen LogP contribution in [0.2, 0.25) is 0 Å². The first-order valence-electron chi connectivity index (χ1n) is 5.05. The second-order valence-electron chi connectivity index (χ2n) is 3.69. The predicted octanol–water partition coefficient (Wildman–Crippen LogP) is 1.49. The van der Waals surface area contributed by atoms with E-state index >= 15 is 0 Å². The average molecular weight is 285 g/mol. The van der Waals surface area contributed by atoms with Crippen LogP contribution >= 0.6 is 0 Å². The number of aromatic carboxylic acids is 1. The van der Waals surface area contributed by atoms with E-state index in [9.17, 15) is 17.6 Å². The highest BCUT2D eigenvalue weighted by molar-refractivity contribution is 7.90. The Morgan fingerprint density at radius 3 is 2.63 bits per heavy atom. The van der Waals surface area contributed by atoms with Crippen molar-refractivity contribution in [1.82, 2.24) is 5.16 Å². The van der Waals surface area contributed by atoms with Gasteiger partial charge >= 0.3 is 5.97 Å². The van der Waals surface area contributed by atoms with E-state index in [1.807, 2.05) is 0 Å². The number of sulfone groups is 1. The van der Waals surface area contributed by atoms with Crippen LogP contribution in [0, 0.1) is 5.82 Å². The number of rotatable bonds is 4. The monoisotopic (exact) mass is 285 g/mol. The van der Waals surface area contributed by atoms with Crippen molar-refractivity contribution in [3.63, 3.8) is 0 Å². The molecule has 6 nitrogen and oxygen atoms in total. The number of hydrogen-bond acceptors (Lipinski definition) is 5. The molecule has 0 saturated heterocycles. The first-order chi connectivity index (χ1) is 8.90. The van der Waals surface area contributed by atoms with E-state index in [2.05, 4.69) is 9.68 Å². The first kappa shape index (κ1) is 13.2. The number of nitrogens with zero attached hydrogens (tertiary/aromatic N) is 1. The van der Waals surface area contributed by atoms with E-state index in [-0.39, 0.29) is 11.3 Å². The average Bonchev–Trinajstić information content (AvgIpc) is 2.80. The largest absolute Gasteiger partial charge is 0.478 e.